The number of rotatable bonds is 5. The van der Waals surface area contributed by atoms with Gasteiger partial charge in [0.15, 0.2) is 0 Å². The zero-order valence-corrected chi connectivity index (χ0v) is 14.7. The molecule has 0 radical (unpaired) electrons. The van der Waals surface area contributed by atoms with E-state index in [1.54, 1.807) is 10.7 Å². The van der Waals surface area contributed by atoms with Gasteiger partial charge in [0, 0.05) is 18.7 Å². The lowest BCUT2D eigenvalue weighted by Gasteiger charge is -2.33. The predicted octanol–water partition coefficient (Wildman–Crippen LogP) is 3.51. The SMILES string of the molecule is C[C@@H]1Cn2nc(OCc3ccccc3)cc2C(=O)N1Cc1ccccc1. The van der Waals surface area contributed by atoms with E-state index >= 15 is 0 Å². The van der Waals surface area contributed by atoms with Gasteiger partial charge in [0.2, 0.25) is 5.88 Å². The lowest BCUT2D eigenvalue weighted by atomic mass is 10.1. The first-order valence-electron chi connectivity index (χ1n) is 8.80. The first kappa shape index (κ1) is 16.4. The van der Waals surface area contributed by atoms with Crippen LogP contribution in [0.25, 0.3) is 0 Å². The molecule has 5 nitrogen and oxygen atoms in total. The predicted molar refractivity (Wildman–Crippen MR) is 98.8 cm³/mol. The number of carbonyl (C=O) groups excluding carboxylic acids is 1. The highest BCUT2D eigenvalue weighted by molar-refractivity contribution is 5.93. The van der Waals surface area contributed by atoms with E-state index in [9.17, 15) is 4.79 Å². The van der Waals surface area contributed by atoms with Crippen molar-refractivity contribution in [2.75, 3.05) is 0 Å². The standard InChI is InChI=1S/C21H21N3O2/c1-16-13-24-19(21(25)23(16)14-17-8-4-2-5-9-17)12-20(22-24)26-15-18-10-6-3-7-11-18/h2-12,16H,13-15H2,1H3/t16-/m1/s1. The number of aromatic nitrogens is 2. The Labute approximate surface area is 152 Å². The zero-order valence-electron chi connectivity index (χ0n) is 14.7. The van der Waals surface area contributed by atoms with Crippen molar-refractivity contribution in [2.24, 2.45) is 0 Å². The Morgan fingerprint density at radius 3 is 2.38 bits per heavy atom. The van der Waals surface area contributed by atoms with Gasteiger partial charge in [-0.15, -0.1) is 5.10 Å². The highest BCUT2D eigenvalue weighted by atomic mass is 16.5. The van der Waals surface area contributed by atoms with Gasteiger partial charge < -0.3 is 9.64 Å². The van der Waals surface area contributed by atoms with Crippen molar-refractivity contribution >= 4 is 5.91 Å². The van der Waals surface area contributed by atoms with Crippen molar-refractivity contribution in [1.29, 1.82) is 0 Å². The van der Waals surface area contributed by atoms with E-state index in [4.69, 9.17) is 4.74 Å². The van der Waals surface area contributed by atoms with Crippen LogP contribution in [-0.4, -0.2) is 26.6 Å². The fourth-order valence-corrected chi connectivity index (χ4v) is 3.21. The Bertz CT molecular complexity index is 890. The number of benzene rings is 2. The Hall–Kier alpha value is -3.08. The summed E-state index contributed by atoms with van der Waals surface area (Å²) in [5.74, 6) is 0.487. The molecule has 1 amide bonds. The third-order valence-electron chi connectivity index (χ3n) is 4.63. The minimum Gasteiger partial charge on any atom is -0.472 e. The Kier molecular flexibility index (Phi) is 4.44. The molecule has 0 fully saturated rings. The molecular weight excluding hydrogens is 326 g/mol. The topological polar surface area (TPSA) is 47.4 Å². The van der Waals surface area contributed by atoms with Crippen molar-refractivity contribution in [1.82, 2.24) is 14.7 Å². The van der Waals surface area contributed by atoms with E-state index in [1.165, 1.54) is 0 Å². The van der Waals surface area contributed by atoms with E-state index in [-0.39, 0.29) is 11.9 Å². The summed E-state index contributed by atoms with van der Waals surface area (Å²) < 4.78 is 7.54. The van der Waals surface area contributed by atoms with E-state index in [2.05, 4.69) is 12.0 Å². The van der Waals surface area contributed by atoms with Gasteiger partial charge in [-0.2, -0.15) is 0 Å². The van der Waals surface area contributed by atoms with Crippen molar-refractivity contribution < 1.29 is 9.53 Å². The maximum Gasteiger partial charge on any atom is 0.272 e. The van der Waals surface area contributed by atoms with Crippen LogP contribution in [0.2, 0.25) is 0 Å². The molecule has 0 spiro atoms. The quantitative estimate of drug-likeness (QED) is 0.710. The van der Waals surface area contributed by atoms with E-state index in [0.717, 1.165) is 11.1 Å². The molecule has 1 aromatic heterocycles. The lowest BCUT2D eigenvalue weighted by Crippen LogP contribution is -2.46. The van der Waals surface area contributed by atoms with Crippen molar-refractivity contribution in [3.63, 3.8) is 0 Å². The summed E-state index contributed by atoms with van der Waals surface area (Å²) in [5.41, 5.74) is 2.78. The fourth-order valence-electron chi connectivity index (χ4n) is 3.21. The molecule has 0 N–H and O–H groups in total. The van der Waals surface area contributed by atoms with Crippen LogP contribution < -0.4 is 4.74 Å². The average Bonchev–Trinajstić information content (AvgIpc) is 3.08. The number of fused-ring (bicyclic) bond motifs is 1. The summed E-state index contributed by atoms with van der Waals surface area (Å²) in [4.78, 5) is 14.8. The molecule has 4 rings (SSSR count). The summed E-state index contributed by atoms with van der Waals surface area (Å²) in [6.07, 6.45) is 0. The Morgan fingerprint density at radius 2 is 1.69 bits per heavy atom. The van der Waals surface area contributed by atoms with Gasteiger partial charge in [-0.1, -0.05) is 60.7 Å². The number of ether oxygens (including phenoxy) is 1. The largest absolute Gasteiger partial charge is 0.472 e. The molecule has 26 heavy (non-hydrogen) atoms. The molecule has 0 saturated heterocycles. The van der Waals surface area contributed by atoms with Gasteiger partial charge in [-0.05, 0) is 18.1 Å². The van der Waals surface area contributed by atoms with Gasteiger partial charge >= 0.3 is 0 Å². The Morgan fingerprint density at radius 1 is 1.04 bits per heavy atom. The second-order valence-corrected chi connectivity index (χ2v) is 6.59. The minimum atomic E-state index is -0.00494. The number of hydrogen-bond donors (Lipinski definition) is 0. The maximum absolute atomic E-state index is 12.9. The molecular formula is C21H21N3O2. The summed E-state index contributed by atoms with van der Waals surface area (Å²) in [5, 5.41) is 4.46. The number of amides is 1. The normalized spacial score (nSPS) is 16.4. The summed E-state index contributed by atoms with van der Waals surface area (Å²) in [6, 6.07) is 21.8. The van der Waals surface area contributed by atoms with Gasteiger partial charge in [-0.25, -0.2) is 0 Å². The Balaban J connectivity index is 1.50. The second kappa shape index (κ2) is 7.04. The molecule has 2 aromatic carbocycles. The molecule has 132 valence electrons. The highest BCUT2D eigenvalue weighted by Crippen LogP contribution is 2.23. The molecule has 1 atom stereocenters. The summed E-state index contributed by atoms with van der Waals surface area (Å²) in [7, 11) is 0. The number of nitrogens with zero attached hydrogens (tertiary/aromatic N) is 3. The van der Waals surface area contributed by atoms with Gasteiger partial charge in [0.1, 0.15) is 12.3 Å². The number of hydrogen-bond acceptors (Lipinski definition) is 3. The van der Waals surface area contributed by atoms with Crippen LogP contribution in [0, 0.1) is 0 Å². The molecule has 1 aliphatic rings. The summed E-state index contributed by atoms with van der Waals surface area (Å²) in [6.45, 7) is 3.76. The minimum absolute atomic E-state index is 0.00494. The second-order valence-electron chi connectivity index (χ2n) is 6.59. The molecule has 0 aliphatic carbocycles. The van der Waals surface area contributed by atoms with Crippen LogP contribution in [0.5, 0.6) is 5.88 Å². The molecule has 0 bridgehead atoms. The highest BCUT2D eigenvalue weighted by Gasteiger charge is 2.31. The van der Waals surface area contributed by atoms with Crippen LogP contribution in [0.4, 0.5) is 0 Å². The molecule has 5 heteroatoms. The third kappa shape index (κ3) is 3.33. The van der Waals surface area contributed by atoms with Crippen LogP contribution in [0.1, 0.15) is 28.5 Å². The van der Waals surface area contributed by atoms with E-state index < -0.39 is 0 Å². The lowest BCUT2D eigenvalue weighted by molar-refractivity contribution is 0.0584. The summed E-state index contributed by atoms with van der Waals surface area (Å²) >= 11 is 0. The molecule has 3 aromatic rings. The van der Waals surface area contributed by atoms with Gasteiger partial charge in [0.05, 0.1) is 6.54 Å². The zero-order chi connectivity index (χ0) is 17.9. The van der Waals surface area contributed by atoms with Gasteiger partial charge in [0.25, 0.3) is 5.91 Å². The van der Waals surface area contributed by atoms with Crippen molar-refractivity contribution in [3.05, 3.63) is 83.6 Å². The molecule has 1 aliphatic heterocycles. The number of carbonyl (C=O) groups is 1. The van der Waals surface area contributed by atoms with Crippen LogP contribution in [-0.2, 0) is 19.7 Å². The van der Waals surface area contributed by atoms with E-state index in [0.29, 0.717) is 31.3 Å². The van der Waals surface area contributed by atoms with Crippen molar-refractivity contribution in [2.45, 2.75) is 32.7 Å². The molecule has 0 unspecified atom stereocenters. The van der Waals surface area contributed by atoms with E-state index in [1.807, 2.05) is 65.6 Å². The third-order valence-corrected chi connectivity index (χ3v) is 4.63. The molecule has 0 saturated carbocycles. The molecule has 2 heterocycles. The van der Waals surface area contributed by atoms with Gasteiger partial charge in [-0.3, -0.25) is 9.48 Å². The van der Waals surface area contributed by atoms with Crippen LogP contribution in [0.3, 0.4) is 0 Å². The maximum atomic E-state index is 12.9. The van der Waals surface area contributed by atoms with Crippen LogP contribution in [0.15, 0.2) is 66.7 Å². The van der Waals surface area contributed by atoms with Crippen LogP contribution >= 0.6 is 0 Å². The average molecular weight is 347 g/mol. The smallest absolute Gasteiger partial charge is 0.272 e. The first-order valence-corrected chi connectivity index (χ1v) is 8.80. The fraction of sp³-hybridized carbons (Fsp3) is 0.238. The monoisotopic (exact) mass is 347 g/mol. The van der Waals surface area contributed by atoms with Crippen molar-refractivity contribution in [3.8, 4) is 5.88 Å². The first-order chi connectivity index (χ1) is 12.7.